The number of anilines is 2. The molecule has 0 fully saturated rings. The molecule has 3 nitrogen and oxygen atoms in total. The molecule has 0 spiro atoms. The van der Waals surface area contributed by atoms with Crippen molar-refractivity contribution in [3.63, 3.8) is 0 Å². The molecule has 1 unspecified atom stereocenters. The molecule has 104 valence electrons. The summed E-state index contributed by atoms with van der Waals surface area (Å²) in [5, 5.41) is 0. The lowest BCUT2D eigenvalue weighted by Crippen LogP contribution is -2.29. The number of hydrogen-bond acceptors (Lipinski definition) is 3. The summed E-state index contributed by atoms with van der Waals surface area (Å²) in [4.78, 5) is 2.20. The Morgan fingerprint density at radius 2 is 2.05 bits per heavy atom. The minimum Gasteiger partial charge on any atom is -0.399 e. The highest BCUT2D eigenvalue weighted by Crippen LogP contribution is 2.29. The van der Waals surface area contributed by atoms with Gasteiger partial charge in [-0.3, -0.25) is 0 Å². The highest BCUT2D eigenvalue weighted by Gasteiger charge is 2.21. The average Bonchev–Trinajstić information content (AvgIpc) is 2.47. The lowest BCUT2D eigenvalue weighted by atomic mass is 9.97. The van der Waals surface area contributed by atoms with Gasteiger partial charge in [-0.05, 0) is 35.7 Å². The first-order valence-corrected chi connectivity index (χ1v) is 7.00. The van der Waals surface area contributed by atoms with Crippen molar-refractivity contribution in [1.82, 2.24) is 0 Å². The number of nitrogen functional groups attached to an aromatic ring is 1. The Labute approximate surface area is 120 Å². The minimum atomic E-state index is 0.131. The molecule has 2 N–H and O–H groups in total. The molecule has 0 radical (unpaired) electrons. The Morgan fingerprint density at radius 1 is 1.20 bits per heavy atom. The van der Waals surface area contributed by atoms with Gasteiger partial charge in [0.15, 0.2) is 0 Å². The predicted molar refractivity (Wildman–Crippen MR) is 83.0 cm³/mol. The van der Waals surface area contributed by atoms with Gasteiger partial charge in [-0.15, -0.1) is 0 Å². The smallest absolute Gasteiger partial charge is 0.100 e. The van der Waals surface area contributed by atoms with E-state index in [1.807, 2.05) is 18.2 Å². The second-order valence-electron chi connectivity index (χ2n) is 5.28. The summed E-state index contributed by atoms with van der Waals surface area (Å²) in [5.41, 5.74) is 10.5. The number of nitrogens with zero attached hydrogens (tertiary/aromatic N) is 1. The maximum absolute atomic E-state index is 5.95. The van der Waals surface area contributed by atoms with Crippen LogP contribution in [0.15, 0.2) is 48.5 Å². The van der Waals surface area contributed by atoms with Crippen molar-refractivity contribution >= 4 is 11.4 Å². The fraction of sp³-hybridized carbons (Fsp3) is 0.294. The van der Waals surface area contributed by atoms with E-state index in [0.717, 1.165) is 30.9 Å². The fourth-order valence-corrected chi connectivity index (χ4v) is 2.74. The third kappa shape index (κ3) is 2.63. The Balaban J connectivity index is 1.79. The first-order valence-electron chi connectivity index (χ1n) is 7.00. The third-order valence-corrected chi connectivity index (χ3v) is 3.84. The quantitative estimate of drug-likeness (QED) is 0.870. The van der Waals surface area contributed by atoms with Crippen molar-refractivity contribution in [2.24, 2.45) is 0 Å². The molecule has 1 atom stereocenters. The molecular weight excluding hydrogens is 248 g/mol. The van der Waals surface area contributed by atoms with Crippen LogP contribution in [0.3, 0.4) is 0 Å². The highest BCUT2D eigenvalue weighted by atomic mass is 16.5. The number of rotatable bonds is 3. The van der Waals surface area contributed by atoms with Crippen LogP contribution in [0, 0.1) is 0 Å². The summed E-state index contributed by atoms with van der Waals surface area (Å²) in [6.45, 7) is 1.63. The second-order valence-corrected chi connectivity index (χ2v) is 5.28. The van der Waals surface area contributed by atoms with E-state index in [1.165, 1.54) is 11.1 Å². The van der Waals surface area contributed by atoms with E-state index in [-0.39, 0.29) is 6.10 Å². The average molecular weight is 268 g/mol. The maximum Gasteiger partial charge on any atom is 0.100 e. The van der Waals surface area contributed by atoms with Gasteiger partial charge in [-0.25, -0.2) is 0 Å². The standard InChI is InChI=1S/C17H20N2O/c1-19(15-7-4-6-14(18)11-15)12-17-16-8-3-2-5-13(16)9-10-20-17/h2-8,11,17H,9-10,12,18H2,1H3. The largest absolute Gasteiger partial charge is 0.399 e. The van der Waals surface area contributed by atoms with Crippen LogP contribution in [0.4, 0.5) is 11.4 Å². The molecule has 2 aromatic rings. The minimum absolute atomic E-state index is 0.131. The van der Waals surface area contributed by atoms with Crippen molar-refractivity contribution in [3.05, 3.63) is 59.7 Å². The van der Waals surface area contributed by atoms with E-state index in [0.29, 0.717) is 0 Å². The van der Waals surface area contributed by atoms with Gasteiger partial charge in [0.05, 0.1) is 6.61 Å². The first kappa shape index (κ1) is 13.0. The van der Waals surface area contributed by atoms with Crippen molar-refractivity contribution < 1.29 is 4.74 Å². The number of hydrogen-bond donors (Lipinski definition) is 1. The molecular formula is C17H20N2O. The molecule has 1 aliphatic heterocycles. The molecule has 0 saturated heterocycles. The SMILES string of the molecule is CN(CC1OCCc2ccccc21)c1cccc(N)c1. The Bertz CT molecular complexity index is 597. The van der Waals surface area contributed by atoms with Gasteiger partial charge in [-0.2, -0.15) is 0 Å². The third-order valence-electron chi connectivity index (χ3n) is 3.84. The molecule has 0 amide bonds. The van der Waals surface area contributed by atoms with Gasteiger partial charge in [0.2, 0.25) is 0 Å². The summed E-state index contributed by atoms with van der Waals surface area (Å²) in [6, 6.07) is 16.5. The van der Waals surface area contributed by atoms with E-state index < -0.39 is 0 Å². The monoisotopic (exact) mass is 268 g/mol. The summed E-state index contributed by atoms with van der Waals surface area (Å²) in [7, 11) is 2.08. The van der Waals surface area contributed by atoms with Gasteiger partial charge in [-0.1, -0.05) is 30.3 Å². The molecule has 3 rings (SSSR count). The van der Waals surface area contributed by atoms with E-state index in [9.17, 15) is 0 Å². The Morgan fingerprint density at radius 3 is 2.90 bits per heavy atom. The van der Waals surface area contributed by atoms with Crippen LogP contribution in [-0.4, -0.2) is 20.2 Å². The van der Waals surface area contributed by atoms with Crippen LogP contribution < -0.4 is 10.6 Å². The van der Waals surface area contributed by atoms with Crippen LogP contribution in [0.1, 0.15) is 17.2 Å². The number of likely N-dealkylation sites (N-methyl/N-ethyl adjacent to an activating group) is 1. The summed E-state index contributed by atoms with van der Waals surface area (Å²) >= 11 is 0. The van der Waals surface area contributed by atoms with E-state index in [2.05, 4.69) is 42.3 Å². The zero-order valence-electron chi connectivity index (χ0n) is 11.8. The predicted octanol–water partition coefficient (Wildman–Crippen LogP) is 3.02. The molecule has 20 heavy (non-hydrogen) atoms. The van der Waals surface area contributed by atoms with E-state index >= 15 is 0 Å². The molecule has 3 heteroatoms. The Hall–Kier alpha value is -2.00. The highest BCUT2D eigenvalue weighted by molar-refractivity contribution is 5.55. The molecule has 0 aliphatic carbocycles. The Kier molecular flexibility index (Phi) is 3.61. The van der Waals surface area contributed by atoms with Crippen LogP contribution in [0.5, 0.6) is 0 Å². The van der Waals surface area contributed by atoms with Crippen LogP contribution in [-0.2, 0) is 11.2 Å². The van der Waals surface area contributed by atoms with Gasteiger partial charge in [0, 0.05) is 25.0 Å². The summed E-state index contributed by atoms with van der Waals surface area (Å²) < 4.78 is 5.95. The molecule has 2 aromatic carbocycles. The topological polar surface area (TPSA) is 38.5 Å². The van der Waals surface area contributed by atoms with Crippen LogP contribution >= 0.6 is 0 Å². The first-order chi connectivity index (χ1) is 9.74. The van der Waals surface area contributed by atoms with Crippen molar-refractivity contribution in [2.45, 2.75) is 12.5 Å². The van der Waals surface area contributed by atoms with Crippen molar-refractivity contribution in [2.75, 3.05) is 30.8 Å². The fourth-order valence-electron chi connectivity index (χ4n) is 2.74. The summed E-state index contributed by atoms with van der Waals surface area (Å²) in [6.07, 6.45) is 1.14. The molecule has 0 aromatic heterocycles. The van der Waals surface area contributed by atoms with E-state index in [4.69, 9.17) is 10.5 Å². The molecule has 0 saturated carbocycles. The normalized spacial score (nSPS) is 17.6. The van der Waals surface area contributed by atoms with Crippen molar-refractivity contribution in [3.8, 4) is 0 Å². The number of benzene rings is 2. The molecule has 0 bridgehead atoms. The zero-order chi connectivity index (χ0) is 13.9. The number of ether oxygens (including phenoxy) is 1. The van der Waals surface area contributed by atoms with E-state index in [1.54, 1.807) is 0 Å². The van der Waals surface area contributed by atoms with Crippen LogP contribution in [0.2, 0.25) is 0 Å². The van der Waals surface area contributed by atoms with Crippen LogP contribution in [0.25, 0.3) is 0 Å². The second kappa shape index (κ2) is 5.55. The lowest BCUT2D eigenvalue weighted by Gasteiger charge is -2.30. The van der Waals surface area contributed by atoms with Gasteiger partial charge >= 0.3 is 0 Å². The maximum atomic E-state index is 5.95. The molecule has 1 aliphatic rings. The van der Waals surface area contributed by atoms with Gasteiger partial charge in [0.1, 0.15) is 6.10 Å². The zero-order valence-corrected chi connectivity index (χ0v) is 11.8. The summed E-state index contributed by atoms with van der Waals surface area (Å²) in [5.74, 6) is 0. The van der Waals surface area contributed by atoms with Gasteiger partial charge in [0.25, 0.3) is 0 Å². The number of nitrogens with two attached hydrogens (primary N) is 1. The molecule has 1 heterocycles. The van der Waals surface area contributed by atoms with Gasteiger partial charge < -0.3 is 15.4 Å². The lowest BCUT2D eigenvalue weighted by molar-refractivity contribution is 0.0478. The number of fused-ring (bicyclic) bond motifs is 1. The van der Waals surface area contributed by atoms with Crippen molar-refractivity contribution in [1.29, 1.82) is 0 Å².